The average molecular weight is 213 g/mol. The molecule has 0 spiro atoms. The summed E-state index contributed by atoms with van der Waals surface area (Å²) < 4.78 is 29.9. The van der Waals surface area contributed by atoms with Gasteiger partial charge in [0.15, 0.2) is 0 Å². The molecule has 1 aromatic rings. The first-order valence-electron chi connectivity index (χ1n) is 4.08. The molecule has 0 aliphatic carbocycles. The molecule has 0 saturated heterocycles. The lowest BCUT2D eigenvalue weighted by molar-refractivity contribution is 0.146. The number of nitrogen functional groups attached to an aromatic ring is 1. The Kier molecular flexibility index (Phi) is 3.39. The van der Waals surface area contributed by atoms with Crippen molar-refractivity contribution in [2.45, 2.75) is 12.8 Å². The van der Waals surface area contributed by atoms with Crippen molar-refractivity contribution in [3.8, 4) is 11.8 Å². The van der Waals surface area contributed by atoms with Crippen LogP contribution < -0.4 is 10.5 Å². The van der Waals surface area contributed by atoms with Gasteiger partial charge >= 0.3 is 0 Å². The van der Waals surface area contributed by atoms with Gasteiger partial charge < -0.3 is 10.5 Å². The van der Waals surface area contributed by atoms with Crippen LogP contribution in [-0.2, 0) is 6.42 Å². The Labute approximate surface area is 85.3 Å². The molecule has 0 atom stereocenters. The van der Waals surface area contributed by atoms with Crippen LogP contribution in [0.15, 0.2) is 6.20 Å². The molecule has 0 radical (unpaired) electrons. The normalized spacial score (nSPS) is 10.1. The third-order valence-electron chi connectivity index (χ3n) is 1.88. The SMILES string of the molecule is COc1c(C(F)F)cnc(N)c1CC#N. The zero-order valence-electron chi connectivity index (χ0n) is 8.00. The third-order valence-corrected chi connectivity index (χ3v) is 1.88. The Morgan fingerprint density at radius 3 is 2.80 bits per heavy atom. The van der Waals surface area contributed by atoms with Gasteiger partial charge in [-0.2, -0.15) is 5.26 Å². The first-order chi connectivity index (χ1) is 7.11. The van der Waals surface area contributed by atoms with E-state index in [-0.39, 0.29) is 29.1 Å². The number of rotatable bonds is 3. The van der Waals surface area contributed by atoms with Gasteiger partial charge in [-0.05, 0) is 0 Å². The van der Waals surface area contributed by atoms with Gasteiger partial charge in [0.1, 0.15) is 11.6 Å². The number of methoxy groups -OCH3 is 1. The Hall–Kier alpha value is -1.90. The number of pyridine rings is 1. The summed E-state index contributed by atoms with van der Waals surface area (Å²) in [6.07, 6.45) is -1.85. The van der Waals surface area contributed by atoms with E-state index in [1.807, 2.05) is 6.07 Å². The summed E-state index contributed by atoms with van der Waals surface area (Å²) in [6.45, 7) is 0. The molecule has 6 heteroatoms. The summed E-state index contributed by atoms with van der Waals surface area (Å²) >= 11 is 0. The molecular formula is C9H9F2N3O. The van der Waals surface area contributed by atoms with E-state index in [4.69, 9.17) is 15.7 Å². The topological polar surface area (TPSA) is 71.9 Å². The smallest absolute Gasteiger partial charge is 0.268 e. The quantitative estimate of drug-likeness (QED) is 0.828. The summed E-state index contributed by atoms with van der Waals surface area (Å²) in [5.74, 6) is -0.0168. The highest BCUT2D eigenvalue weighted by molar-refractivity contribution is 5.53. The second kappa shape index (κ2) is 4.55. The molecule has 0 aliphatic rings. The van der Waals surface area contributed by atoms with E-state index in [1.165, 1.54) is 7.11 Å². The number of ether oxygens (including phenoxy) is 1. The Morgan fingerprint density at radius 2 is 2.33 bits per heavy atom. The van der Waals surface area contributed by atoms with Crippen molar-refractivity contribution < 1.29 is 13.5 Å². The highest BCUT2D eigenvalue weighted by Gasteiger charge is 2.19. The molecule has 4 nitrogen and oxygen atoms in total. The minimum atomic E-state index is -2.70. The van der Waals surface area contributed by atoms with Crippen LogP contribution in [0.25, 0.3) is 0 Å². The molecule has 0 aromatic carbocycles. The summed E-state index contributed by atoms with van der Waals surface area (Å²) in [7, 11) is 1.25. The van der Waals surface area contributed by atoms with E-state index in [9.17, 15) is 8.78 Å². The Balaban J connectivity index is 3.34. The highest BCUT2D eigenvalue weighted by atomic mass is 19.3. The molecule has 0 fully saturated rings. The van der Waals surface area contributed by atoms with Crippen molar-refractivity contribution in [3.05, 3.63) is 17.3 Å². The molecule has 0 unspecified atom stereocenters. The van der Waals surface area contributed by atoms with Crippen LogP contribution in [0.3, 0.4) is 0 Å². The number of hydrogen-bond donors (Lipinski definition) is 1. The molecule has 2 N–H and O–H groups in total. The lowest BCUT2D eigenvalue weighted by Crippen LogP contribution is -2.04. The van der Waals surface area contributed by atoms with E-state index in [0.717, 1.165) is 6.20 Å². The van der Waals surface area contributed by atoms with Crippen LogP contribution in [0.4, 0.5) is 14.6 Å². The van der Waals surface area contributed by atoms with E-state index in [1.54, 1.807) is 0 Å². The maximum absolute atomic E-state index is 12.5. The molecule has 0 aliphatic heterocycles. The largest absolute Gasteiger partial charge is 0.496 e. The average Bonchev–Trinajstić information content (AvgIpc) is 2.20. The van der Waals surface area contributed by atoms with Gasteiger partial charge in [0.2, 0.25) is 0 Å². The summed E-state index contributed by atoms with van der Waals surface area (Å²) in [5.41, 5.74) is 5.32. The fourth-order valence-corrected chi connectivity index (χ4v) is 1.21. The molecule has 0 bridgehead atoms. The van der Waals surface area contributed by atoms with Crippen LogP contribution >= 0.6 is 0 Å². The van der Waals surface area contributed by atoms with Crippen molar-refractivity contribution >= 4 is 5.82 Å². The zero-order chi connectivity index (χ0) is 11.4. The van der Waals surface area contributed by atoms with Gasteiger partial charge in [-0.3, -0.25) is 0 Å². The number of aromatic nitrogens is 1. The van der Waals surface area contributed by atoms with Gasteiger partial charge in [-0.25, -0.2) is 13.8 Å². The van der Waals surface area contributed by atoms with Gasteiger partial charge in [-0.1, -0.05) is 0 Å². The lowest BCUT2D eigenvalue weighted by atomic mass is 10.1. The predicted octanol–water partition coefficient (Wildman–Crippen LogP) is 1.68. The van der Waals surface area contributed by atoms with Crippen LogP contribution in [0.2, 0.25) is 0 Å². The molecular weight excluding hydrogens is 204 g/mol. The standard InChI is InChI=1S/C9H9F2N3O/c1-15-7-5(2-3-12)9(13)14-4-6(7)8(10)11/h4,8H,2H2,1H3,(H2,13,14). The summed E-state index contributed by atoms with van der Waals surface area (Å²) in [5, 5.41) is 8.52. The summed E-state index contributed by atoms with van der Waals surface area (Å²) in [4.78, 5) is 3.59. The Bertz CT molecular complexity index is 401. The minimum Gasteiger partial charge on any atom is -0.496 e. The predicted molar refractivity (Wildman–Crippen MR) is 49.5 cm³/mol. The molecule has 1 rings (SSSR count). The number of halogens is 2. The van der Waals surface area contributed by atoms with Gasteiger partial charge in [0.05, 0.1) is 30.7 Å². The van der Waals surface area contributed by atoms with Crippen molar-refractivity contribution in [2.75, 3.05) is 12.8 Å². The van der Waals surface area contributed by atoms with Crippen LogP contribution in [0.5, 0.6) is 5.75 Å². The Morgan fingerprint density at radius 1 is 1.67 bits per heavy atom. The second-order valence-corrected chi connectivity index (χ2v) is 2.75. The van der Waals surface area contributed by atoms with E-state index >= 15 is 0 Å². The minimum absolute atomic E-state index is 0.0396. The third kappa shape index (κ3) is 2.13. The first-order valence-corrected chi connectivity index (χ1v) is 4.08. The van der Waals surface area contributed by atoms with Crippen molar-refractivity contribution in [3.63, 3.8) is 0 Å². The van der Waals surface area contributed by atoms with Gasteiger partial charge in [-0.15, -0.1) is 0 Å². The van der Waals surface area contributed by atoms with Gasteiger partial charge in [0.25, 0.3) is 6.43 Å². The first kappa shape index (κ1) is 11.2. The van der Waals surface area contributed by atoms with Crippen molar-refractivity contribution in [2.24, 2.45) is 0 Å². The lowest BCUT2D eigenvalue weighted by Gasteiger charge is -2.12. The monoisotopic (exact) mass is 213 g/mol. The molecule has 15 heavy (non-hydrogen) atoms. The molecule has 80 valence electrons. The molecule has 1 heterocycles. The van der Waals surface area contributed by atoms with E-state index < -0.39 is 6.43 Å². The molecule has 0 amide bonds. The number of nitrogens with zero attached hydrogens (tertiary/aromatic N) is 2. The number of nitrogens with two attached hydrogens (primary N) is 1. The van der Waals surface area contributed by atoms with Crippen LogP contribution in [0, 0.1) is 11.3 Å². The number of alkyl halides is 2. The van der Waals surface area contributed by atoms with Crippen LogP contribution in [-0.4, -0.2) is 12.1 Å². The fraction of sp³-hybridized carbons (Fsp3) is 0.333. The van der Waals surface area contributed by atoms with E-state index in [0.29, 0.717) is 0 Å². The second-order valence-electron chi connectivity index (χ2n) is 2.75. The van der Waals surface area contributed by atoms with Crippen molar-refractivity contribution in [1.29, 1.82) is 5.26 Å². The molecule has 0 saturated carbocycles. The van der Waals surface area contributed by atoms with E-state index in [2.05, 4.69) is 4.98 Å². The van der Waals surface area contributed by atoms with Gasteiger partial charge in [0, 0.05) is 6.20 Å². The maximum Gasteiger partial charge on any atom is 0.268 e. The number of nitriles is 1. The maximum atomic E-state index is 12.5. The number of anilines is 1. The van der Waals surface area contributed by atoms with Crippen molar-refractivity contribution in [1.82, 2.24) is 4.98 Å². The highest BCUT2D eigenvalue weighted by Crippen LogP contribution is 2.33. The molecule has 1 aromatic heterocycles. The number of hydrogen-bond acceptors (Lipinski definition) is 4. The van der Waals surface area contributed by atoms with Crippen LogP contribution in [0.1, 0.15) is 17.6 Å². The fourth-order valence-electron chi connectivity index (χ4n) is 1.21. The zero-order valence-corrected chi connectivity index (χ0v) is 8.00. The summed E-state index contributed by atoms with van der Waals surface area (Å²) in [6, 6.07) is 1.82.